The Morgan fingerprint density at radius 3 is 2.61 bits per heavy atom. The van der Waals surface area contributed by atoms with Gasteiger partial charge < -0.3 is 20.1 Å². The molecule has 132 valence electrons. The number of carbonyl (C=O) groups is 1. The molecule has 2 atom stereocenters. The minimum Gasteiger partial charge on any atom is -0.444 e. The number of aromatic nitrogens is 2. The van der Waals surface area contributed by atoms with Gasteiger partial charge in [0, 0.05) is 38.9 Å². The van der Waals surface area contributed by atoms with E-state index in [2.05, 4.69) is 10.4 Å². The van der Waals surface area contributed by atoms with E-state index in [1.165, 1.54) is 4.90 Å². The zero-order chi connectivity index (χ0) is 17.6. The van der Waals surface area contributed by atoms with Crippen LogP contribution in [0.1, 0.15) is 46.4 Å². The lowest BCUT2D eigenvalue weighted by molar-refractivity contribution is 0.0163. The zero-order valence-corrected chi connectivity index (χ0v) is 15.0. The molecule has 23 heavy (non-hydrogen) atoms. The van der Waals surface area contributed by atoms with Crippen molar-refractivity contribution in [2.24, 2.45) is 7.05 Å². The fourth-order valence-corrected chi connectivity index (χ4v) is 2.23. The molecule has 0 aliphatic heterocycles. The topological polar surface area (TPSA) is 79.6 Å². The molecule has 1 aromatic rings. The van der Waals surface area contributed by atoms with Crippen molar-refractivity contribution < 1.29 is 14.6 Å². The third-order valence-electron chi connectivity index (χ3n) is 3.27. The van der Waals surface area contributed by atoms with Gasteiger partial charge in [0.05, 0.1) is 11.8 Å². The molecule has 0 saturated carbocycles. The van der Waals surface area contributed by atoms with Crippen LogP contribution in [0.2, 0.25) is 0 Å². The predicted octanol–water partition coefficient (Wildman–Crippen LogP) is 1.69. The number of aryl methyl sites for hydroxylation is 1. The van der Waals surface area contributed by atoms with E-state index in [0.29, 0.717) is 13.1 Å². The standard InChI is InChI=1S/C16H30N4O3/c1-12(21)11-20(15(22)23-16(3,4)5)10-9-17-13(2)14-7-8-18-19(14)6/h7-8,12-13,17,21H,9-11H2,1-6H3. The van der Waals surface area contributed by atoms with E-state index < -0.39 is 17.8 Å². The van der Waals surface area contributed by atoms with Crippen LogP contribution in [0.3, 0.4) is 0 Å². The second-order valence-electron chi connectivity index (χ2n) is 6.83. The molecule has 0 bridgehead atoms. The summed E-state index contributed by atoms with van der Waals surface area (Å²) in [6.07, 6.45) is 0.749. The number of aliphatic hydroxyl groups excluding tert-OH is 1. The lowest BCUT2D eigenvalue weighted by atomic mass is 10.2. The van der Waals surface area contributed by atoms with Crippen LogP contribution in [0.15, 0.2) is 12.3 Å². The van der Waals surface area contributed by atoms with Gasteiger partial charge in [-0.05, 0) is 40.7 Å². The van der Waals surface area contributed by atoms with Gasteiger partial charge in [-0.15, -0.1) is 0 Å². The summed E-state index contributed by atoms with van der Waals surface area (Å²) in [4.78, 5) is 13.7. The van der Waals surface area contributed by atoms with Crippen LogP contribution < -0.4 is 5.32 Å². The number of amides is 1. The molecule has 1 amide bonds. The normalized spacial score (nSPS) is 14.4. The van der Waals surface area contributed by atoms with E-state index in [1.807, 2.05) is 45.5 Å². The quantitative estimate of drug-likeness (QED) is 0.797. The van der Waals surface area contributed by atoms with Gasteiger partial charge in [-0.25, -0.2) is 4.79 Å². The summed E-state index contributed by atoms with van der Waals surface area (Å²) in [5, 5.41) is 17.1. The fraction of sp³-hybridized carbons (Fsp3) is 0.750. The Bertz CT molecular complexity index is 494. The summed E-state index contributed by atoms with van der Waals surface area (Å²) in [6.45, 7) is 10.5. The van der Waals surface area contributed by atoms with E-state index in [1.54, 1.807) is 13.1 Å². The molecule has 1 aromatic heterocycles. The van der Waals surface area contributed by atoms with E-state index in [9.17, 15) is 9.90 Å². The number of ether oxygens (including phenoxy) is 1. The Balaban J connectivity index is 2.54. The average molecular weight is 326 g/mol. The molecule has 2 N–H and O–H groups in total. The number of nitrogens with one attached hydrogen (secondary N) is 1. The van der Waals surface area contributed by atoms with Crippen molar-refractivity contribution >= 4 is 6.09 Å². The Kier molecular flexibility index (Phi) is 7.02. The highest BCUT2D eigenvalue weighted by atomic mass is 16.6. The second kappa shape index (κ2) is 8.31. The Hall–Kier alpha value is -1.60. The van der Waals surface area contributed by atoms with Crippen LogP contribution in [-0.4, -0.2) is 57.2 Å². The van der Waals surface area contributed by atoms with Crippen molar-refractivity contribution in [2.75, 3.05) is 19.6 Å². The van der Waals surface area contributed by atoms with Crippen molar-refractivity contribution in [3.05, 3.63) is 18.0 Å². The first-order valence-electron chi connectivity index (χ1n) is 7.97. The lowest BCUT2D eigenvalue weighted by Gasteiger charge is -2.28. The molecule has 1 heterocycles. The smallest absolute Gasteiger partial charge is 0.410 e. The van der Waals surface area contributed by atoms with Crippen molar-refractivity contribution in [3.63, 3.8) is 0 Å². The van der Waals surface area contributed by atoms with Gasteiger partial charge in [0.25, 0.3) is 0 Å². The molecule has 0 aliphatic rings. The van der Waals surface area contributed by atoms with Crippen LogP contribution >= 0.6 is 0 Å². The van der Waals surface area contributed by atoms with Crippen molar-refractivity contribution in [3.8, 4) is 0 Å². The Morgan fingerprint density at radius 1 is 1.48 bits per heavy atom. The largest absolute Gasteiger partial charge is 0.444 e. The predicted molar refractivity (Wildman–Crippen MR) is 89.1 cm³/mol. The van der Waals surface area contributed by atoms with E-state index >= 15 is 0 Å². The summed E-state index contributed by atoms with van der Waals surface area (Å²) in [5.74, 6) is 0. The maximum absolute atomic E-state index is 12.2. The number of nitrogens with zero attached hydrogens (tertiary/aromatic N) is 3. The van der Waals surface area contributed by atoms with Crippen LogP contribution in [0.5, 0.6) is 0 Å². The molecule has 0 aliphatic carbocycles. The van der Waals surface area contributed by atoms with E-state index in [4.69, 9.17) is 4.74 Å². The van der Waals surface area contributed by atoms with Crippen LogP contribution in [0.25, 0.3) is 0 Å². The molecule has 2 unspecified atom stereocenters. The Morgan fingerprint density at radius 2 is 2.13 bits per heavy atom. The first-order valence-corrected chi connectivity index (χ1v) is 7.97. The van der Waals surface area contributed by atoms with Gasteiger partial charge in [-0.3, -0.25) is 4.68 Å². The molecule has 0 radical (unpaired) electrons. The molecule has 7 heteroatoms. The average Bonchev–Trinajstić information content (AvgIpc) is 2.81. The molecule has 0 saturated heterocycles. The highest BCUT2D eigenvalue weighted by molar-refractivity contribution is 5.68. The summed E-state index contributed by atoms with van der Waals surface area (Å²) in [5.41, 5.74) is 0.521. The maximum Gasteiger partial charge on any atom is 0.410 e. The SMILES string of the molecule is CC(O)CN(CCNC(C)c1ccnn1C)C(=O)OC(C)(C)C. The van der Waals surface area contributed by atoms with Gasteiger partial charge in [-0.1, -0.05) is 0 Å². The molecular weight excluding hydrogens is 296 g/mol. The molecule has 7 nitrogen and oxygen atoms in total. The highest BCUT2D eigenvalue weighted by Gasteiger charge is 2.23. The van der Waals surface area contributed by atoms with Crippen LogP contribution in [0.4, 0.5) is 4.79 Å². The Labute approximate surface area is 138 Å². The fourth-order valence-electron chi connectivity index (χ4n) is 2.23. The van der Waals surface area contributed by atoms with Gasteiger partial charge >= 0.3 is 6.09 Å². The van der Waals surface area contributed by atoms with Gasteiger partial charge in [-0.2, -0.15) is 5.10 Å². The summed E-state index contributed by atoms with van der Waals surface area (Å²) in [7, 11) is 1.90. The van der Waals surface area contributed by atoms with E-state index in [0.717, 1.165) is 5.69 Å². The number of hydrogen-bond donors (Lipinski definition) is 2. The van der Waals surface area contributed by atoms with Gasteiger partial charge in [0.1, 0.15) is 5.60 Å². The first-order chi connectivity index (χ1) is 10.6. The van der Waals surface area contributed by atoms with Gasteiger partial charge in [0.2, 0.25) is 0 Å². The minimum atomic E-state index is -0.600. The number of carbonyl (C=O) groups excluding carboxylic acids is 1. The number of rotatable bonds is 7. The number of aliphatic hydroxyl groups is 1. The molecule has 1 rings (SSSR count). The molecular formula is C16H30N4O3. The summed E-state index contributed by atoms with van der Waals surface area (Å²) < 4.78 is 7.20. The van der Waals surface area contributed by atoms with Crippen molar-refractivity contribution in [1.29, 1.82) is 0 Å². The minimum absolute atomic E-state index is 0.120. The molecule has 0 spiro atoms. The first kappa shape index (κ1) is 19.4. The third-order valence-corrected chi connectivity index (χ3v) is 3.27. The molecule has 0 fully saturated rings. The van der Waals surface area contributed by atoms with Gasteiger partial charge in [0.15, 0.2) is 0 Å². The van der Waals surface area contributed by atoms with Crippen LogP contribution in [0, 0.1) is 0 Å². The summed E-state index contributed by atoms with van der Waals surface area (Å²) >= 11 is 0. The monoisotopic (exact) mass is 326 g/mol. The zero-order valence-electron chi connectivity index (χ0n) is 15.0. The van der Waals surface area contributed by atoms with Crippen molar-refractivity contribution in [2.45, 2.75) is 52.4 Å². The number of hydrogen-bond acceptors (Lipinski definition) is 5. The summed E-state index contributed by atoms with van der Waals surface area (Å²) in [6, 6.07) is 2.08. The highest BCUT2D eigenvalue weighted by Crippen LogP contribution is 2.11. The lowest BCUT2D eigenvalue weighted by Crippen LogP contribution is -2.43. The third kappa shape index (κ3) is 7.00. The maximum atomic E-state index is 12.2. The van der Waals surface area contributed by atoms with E-state index in [-0.39, 0.29) is 12.6 Å². The van der Waals surface area contributed by atoms with Crippen LogP contribution in [-0.2, 0) is 11.8 Å². The molecule has 0 aromatic carbocycles. The van der Waals surface area contributed by atoms with Crippen molar-refractivity contribution in [1.82, 2.24) is 20.0 Å². The second-order valence-corrected chi connectivity index (χ2v) is 6.83.